The molecule has 3 nitrogen and oxygen atoms in total. The molecule has 3 rings (SSSR count). The fourth-order valence-electron chi connectivity index (χ4n) is 4.81. The molecule has 3 fully saturated rings. The number of nitrogens with one attached hydrogen (secondary N) is 2. The van der Waals surface area contributed by atoms with Gasteiger partial charge in [-0.25, -0.2) is 0 Å². The highest BCUT2D eigenvalue weighted by molar-refractivity contribution is 5.76. The number of hydrogen-bond acceptors (Lipinski definition) is 2. The van der Waals surface area contributed by atoms with Gasteiger partial charge in [0.1, 0.15) is 0 Å². The van der Waals surface area contributed by atoms with Gasteiger partial charge in [-0.2, -0.15) is 0 Å². The van der Waals surface area contributed by atoms with E-state index >= 15 is 0 Å². The van der Waals surface area contributed by atoms with Crippen LogP contribution in [0.1, 0.15) is 70.6 Å². The molecule has 0 bridgehead atoms. The van der Waals surface area contributed by atoms with E-state index < -0.39 is 0 Å². The van der Waals surface area contributed by atoms with Crippen molar-refractivity contribution in [3.63, 3.8) is 0 Å². The van der Waals surface area contributed by atoms with Crippen LogP contribution < -0.4 is 10.6 Å². The zero-order valence-electron chi connectivity index (χ0n) is 13.4. The van der Waals surface area contributed by atoms with Crippen molar-refractivity contribution in [2.24, 2.45) is 17.8 Å². The van der Waals surface area contributed by atoms with E-state index in [-0.39, 0.29) is 0 Å². The van der Waals surface area contributed by atoms with Crippen LogP contribution in [-0.2, 0) is 4.79 Å². The maximum Gasteiger partial charge on any atom is 0.220 e. The summed E-state index contributed by atoms with van der Waals surface area (Å²) in [6.07, 6.45) is 13.9. The first-order chi connectivity index (χ1) is 10.3. The summed E-state index contributed by atoms with van der Waals surface area (Å²) in [7, 11) is 0. The van der Waals surface area contributed by atoms with Crippen molar-refractivity contribution in [2.75, 3.05) is 13.1 Å². The van der Waals surface area contributed by atoms with Gasteiger partial charge in [0.15, 0.2) is 0 Å². The Morgan fingerprint density at radius 3 is 2.52 bits per heavy atom. The molecule has 0 aromatic carbocycles. The molecule has 1 saturated heterocycles. The Balaban J connectivity index is 1.36. The van der Waals surface area contributed by atoms with E-state index in [2.05, 4.69) is 10.6 Å². The van der Waals surface area contributed by atoms with Gasteiger partial charge in [0, 0.05) is 12.5 Å². The summed E-state index contributed by atoms with van der Waals surface area (Å²) in [4.78, 5) is 12.2. The average molecular weight is 292 g/mol. The highest BCUT2D eigenvalue weighted by Gasteiger charge is 2.32. The molecule has 0 spiro atoms. The van der Waals surface area contributed by atoms with E-state index in [1.54, 1.807) is 0 Å². The van der Waals surface area contributed by atoms with Gasteiger partial charge in [-0.1, -0.05) is 25.7 Å². The molecule has 3 heteroatoms. The zero-order valence-corrected chi connectivity index (χ0v) is 13.4. The SMILES string of the molecule is O=C(CCC1CCNCC1)NC1CCC2CCCCC2C1. The lowest BCUT2D eigenvalue weighted by atomic mass is 9.69. The van der Waals surface area contributed by atoms with E-state index in [0.29, 0.717) is 11.9 Å². The van der Waals surface area contributed by atoms with Crippen LogP contribution in [0, 0.1) is 17.8 Å². The molecule has 120 valence electrons. The largest absolute Gasteiger partial charge is 0.353 e. The Hall–Kier alpha value is -0.570. The number of fused-ring (bicyclic) bond motifs is 1. The molecule has 2 N–H and O–H groups in total. The van der Waals surface area contributed by atoms with Crippen molar-refractivity contribution in [2.45, 2.75) is 76.7 Å². The van der Waals surface area contributed by atoms with E-state index in [1.165, 1.54) is 57.8 Å². The van der Waals surface area contributed by atoms with Gasteiger partial charge in [-0.15, -0.1) is 0 Å². The molecule has 3 aliphatic rings. The van der Waals surface area contributed by atoms with Crippen molar-refractivity contribution >= 4 is 5.91 Å². The maximum atomic E-state index is 12.2. The Morgan fingerprint density at radius 1 is 0.952 bits per heavy atom. The van der Waals surface area contributed by atoms with Gasteiger partial charge in [-0.3, -0.25) is 4.79 Å². The molecular weight excluding hydrogens is 260 g/mol. The van der Waals surface area contributed by atoms with Gasteiger partial charge < -0.3 is 10.6 Å². The fraction of sp³-hybridized carbons (Fsp3) is 0.944. The van der Waals surface area contributed by atoms with Crippen LogP contribution >= 0.6 is 0 Å². The number of hydrogen-bond donors (Lipinski definition) is 2. The summed E-state index contributed by atoms with van der Waals surface area (Å²) < 4.78 is 0. The monoisotopic (exact) mass is 292 g/mol. The van der Waals surface area contributed by atoms with Crippen molar-refractivity contribution in [3.05, 3.63) is 0 Å². The third-order valence-corrected chi connectivity index (χ3v) is 6.14. The minimum atomic E-state index is 0.313. The minimum absolute atomic E-state index is 0.313. The van der Waals surface area contributed by atoms with Gasteiger partial charge in [0.25, 0.3) is 0 Å². The first kappa shape index (κ1) is 15.3. The lowest BCUT2D eigenvalue weighted by molar-refractivity contribution is -0.122. The predicted molar refractivity (Wildman–Crippen MR) is 86.1 cm³/mol. The average Bonchev–Trinajstić information content (AvgIpc) is 2.54. The van der Waals surface area contributed by atoms with Crippen molar-refractivity contribution in [1.82, 2.24) is 10.6 Å². The number of amides is 1. The second-order valence-corrected chi connectivity index (χ2v) is 7.61. The summed E-state index contributed by atoms with van der Waals surface area (Å²) in [5.41, 5.74) is 0. The van der Waals surface area contributed by atoms with Crippen LogP contribution in [-0.4, -0.2) is 25.0 Å². The highest BCUT2D eigenvalue weighted by atomic mass is 16.1. The Morgan fingerprint density at radius 2 is 1.71 bits per heavy atom. The molecule has 0 radical (unpaired) electrons. The van der Waals surface area contributed by atoms with Crippen molar-refractivity contribution < 1.29 is 4.79 Å². The minimum Gasteiger partial charge on any atom is -0.353 e. The predicted octanol–water partition coefficient (Wildman–Crippen LogP) is 3.24. The smallest absolute Gasteiger partial charge is 0.220 e. The van der Waals surface area contributed by atoms with Crippen LogP contribution in [0.25, 0.3) is 0 Å². The number of carbonyl (C=O) groups excluding carboxylic acids is 1. The Labute approximate surface area is 129 Å². The second-order valence-electron chi connectivity index (χ2n) is 7.61. The maximum absolute atomic E-state index is 12.2. The topological polar surface area (TPSA) is 41.1 Å². The normalized spacial score (nSPS) is 34.2. The summed E-state index contributed by atoms with van der Waals surface area (Å²) in [5.74, 6) is 2.96. The standard InChI is InChI=1S/C18H32N2O/c21-18(8-5-14-9-11-19-12-10-14)20-17-7-6-15-3-1-2-4-16(15)13-17/h14-17,19H,1-13H2,(H,20,21). The molecule has 2 aliphatic carbocycles. The molecule has 0 aromatic rings. The third-order valence-electron chi connectivity index (χ3n) is 6.14. The van der Waals surface area contributed by atoms with E-state index in [4.69, 9.17) is 0 Å². The van der Waals surface area contributed by atoms with Crippen LogP contribution in [0.4, 0.5) is 0 Å². The van der Waals surface area contributed by atoms with Gasteiger partial charge in [-0.05, 0) is 69.4 Å². The zero-order chi connectivity index (χ0) is 14.5. The summed E-state index contributed by atoms with van der Waals surface area (Å²) >= 11 is 0. The van der Waals surface area contributed by atoms with Crippen LogP contribution in [0.15, 0.2) is 0 Å². The van der Waals surface area contributed by atoms with E-state index in [0.717, 1.165) is 43.7 Å². The van der Waals surface area contributed by atoms with Gasteiger partial charge in [0.2, 0.25) is 5.91 Å². The summed E-state index contributed by atoms with van der Waals surface area (Å²) in [6, 6.07) is 0.477. The van der Waals surface area contributed by atoms with Gasteiger partial charge in [0.05, 0.1) is 0 Å². The quantitative estimate of drug-likeness (QED) is 0.835. The molecule has 1 amide bonds. The van der Waals surface area contributed by atoms with Crippen molar-refractivity contribution in [1.29, 1.82) is 0 Å². The number of rotatable bonds is 4. The van der Waals surface area contributed by atoms with Crippen LogP contribution in [0.2, 0.25) is 0 Å². The Bertz CT molecular complexity index is 338. The highest BCUT2D eigenvalue weighted by Crippen LogP contribution is 2.40. The van der Waals surface area contributed by atoms with Crippen LogP contribution in [0.5, 0.6) is 0 Å². The Kier molecular flexibility index (Phi) is 5.56. The molecule has 1 aliphatic heterocycles. The fourth-order valence-corrected chi connectivity index (χ4v) is 4.81. The molecule has 0 aromatic heterocycles. The third kappa shape index (κ3) is 4.45. The molecule has 3 atom stereocenters. The lowest BCUT2D eigenvalue weighted by Crippen LogP contribution is -2.41. The first-order valence-corrected chi connectivity index (χ1v) is 9.31. The number of carbonyl (C=O) groups is 1. The number of piperidine rings is 1. The van der Waals surface area contributed by atoms with Crippen molar-refractivity contribution in [3.8, 4) is 0 Å². The van der Waals surface area contributed by atoms with E-state index in [9.17, 15) is 4.79 Å². The second kappa shape index (κ2) is 7.62. The summed E-state index contributed by atoms with van der Waals surface area (Å²) in [5, 5.41) is 6.73. The molecule has 21 heavy (non-hydrogen) atoms. The molecule has 2 saturated carbocycles. The summed E-state index contributed by atoms with van der Waals surface area (Å²) in [6.45, 7) is 2.27. The first-order valence-electron chi connectivity index (χ1n) is 9.31. The molecular formula is C18H32N2O. The van der Waals surface area contributed by atoms with Crippen LogP contribution in [0.3, 0.4) is 0 Å². The lowest BCUT2D eigenvalue weighted by Gasteiger charge is -2.39. The molecule has 3 unspecified atom stereocenters. The van der Waals surface area contributed by atoms with E-state index in [1.807, 2.05) is 0 Å². The van der Waals surface area contributed by atoms with Gasteiger partial charge >= 0.3 is 0 Å². The molecule has 1 heterocycles.